The second-order valence-electron chi connectivity index (χ2n) is 3.74. The van der Waals surface area contributed by atoms with Gasteiger partial charge in [-0.1, -0.05) is 30.1 Å². The van der Waals surface area contributed by atoms with E-state index in [4.69, 9.17) is 27.9 Å². The van der Waals surface area contributed by atoms with Crippen molar-refractivity contribution in [2.75, 3.05) is 13.1 Å². The van der Waals surface area contributed by atoms with Crippen molar-refractivity contribution in [1.29, 1.82) is 0 Å². The van der Waals surface area contributed by atoms with E-state index in [1.807, 2.05) is 6.92 Å². The fourth-order valence-electron chi connectivity index (χ4n) is 1.35. The molecular formula is C12H17Cl2NO. The predicted molar refractivity (Wildman–Crippen MR) is 69.7 cm³/mol. The summed E-state index contributed by atoms with van der Waals surface area (Å²) in [5, 5.41) is 4.48. The van der Waals surface area contributed by atoms with Gasteiger partial charge in [0.1, 0.15) is 11.9 Å². The summed E-state index contributed by atoms with van der Waals surface area (Å²) >= 11 is 11.8. The number of hydrogen-bond donors (Lipinski definition) is 1. The molecule has 90 valence electrons. The number of hydrogen-bond acceptors (Lipinski definition) is 2. The maximum Gasteiger partial charge on any atom is 0.122 e. The van der Waals surface area contributed by atoms with E-state index in [1.54, 1.807) is 18.2 Å². The van der Waals surface area contributed by atoms with Gasteiger partial charge in [0, 0.05) is 16.6 Å². The van der Waals surface area contributed by atoms with Crippen LogP contribution in [0.4, 0.5) is 0 Å². The SMILES string of the molecule is CCCNCC(C)Oc1cc(Cl)cc(Cl)c1. The van der Waals surface area contributed by atoms with Crippen LogP contribution in [-0.4, -0.2) is 19.2 Å². The molecule has 0 spiro atoms. The van der Waals surface area contributed by atoms with E-state index < -0.39 is 0 Å². The van der Waals surface area contributed by atoms with E-state index in [-0.39, 0.29) is 6.10 Å². The average molecular weight is 262 g/mol. The molecule has 0 aliphatic rings. The minimum absolute atomic E-state index is 0.0982. The van der Waals surface area contributed by atoms with E-state index >= 15 is 0 Å². The van der Waals surface area contributed by atoms with Crippen LogP contribution in [0.5, 0.6) is 5.75 Å². The first-order valence-electron chi connectivity index (χ1n) is 5.45. The van der Waals surface area contributed by atoms with Crippen molar-refractivity contribution >= 4 is 23.2 Å². The molecule has 1 aromatic rings. The van der Waals surface area contributed by atoms with Gasteiger partial charge in [-0.05, 0) is 38.1 Å². The van der Waals surface area contributed by atoms with Crippen LogP contribution in [0.1, 0.15) is 20.3 Å². The molecule has 0 saturated heterocycles. The molecule has 1 rings (SSSR count). The lowest BCUT2D eigenvalue weighted by Gasteiger charge is -2.15. The molecule has 4 heteroatoms. The zero-order chi connectivity index (χ0) is 12.0. The second-order valence-corrected chi connectivity index (χ2v) is 4.61. The van der Waals surface area contributed by atoms with Gasteiger partial charge < -0.3 is 10.1 Å². The smallest absolute Gasteiger partial charge is 0.122 e. The molecule has 0 fully saturated rings. The molecule has 0 saturated carbocycles. The maximum atomic E-state index is 5.88. The molecule has 0 heterocycles. The molecule has 2 nitrogen and oxygen atoms in total. The summed E-state index contributed by atoms with van der Waals surface area (Å²) < 4.78 is 5.69. The van der Waals surface area contributed by atoms with Crippen LogP contribution in [0.2, 0.25) is 10.0 Å². The van der Waals surface area contributed by atoms with Gasteiger partial charge in [0.25, 0.3) is 0 Å². The first kappa shape index (κ1) is 13.6. The zero-order valence-electron chi connectivity index (χ0n) is 9.59. The van der Waals surface area contributed by atoms with Gasteiger partial charge in [-0.3, -0.25) is 0 Å². The minimum atomic E-state index is 0.0982. The van der Waals surface area contributed by atoms with Crippen LogP contribution in [0, 0.1) is 0 Å². The van der Waals surface area contributed by atoms with Crippen molar-refractivity contribution in [2.45, 2.75) is 26.4 Å². The largest absolute Gasteiger partial charge is 0.489 e. The van der Waals surface area contributed by atoms with Crippen LogP contribution in [0.25, 0.3) is 0 Å². The Morgan fingerprint density at radius 1 is 1.25 bits per heavy atom. The summed E-state index contributed by atoms with van der Waals surface area (Å²) in [6, 6.07) is 5.23. The van der Waals surface area contributed by atoms with Crippen molar-refractivity contribution in [3.05, 3.63) is 28.2 Å². The Bertz CT molecular complexity index is 311. The van der Waals surface area contributed by atoms with Gasteiger partial charge in [0.05, 0.1) is 0 Å². The van der Waals surface area contributed by atoms with Crippen molar-refractivity contribution in [3.8, 4) is 5.75 Å². The van der Waals surface area contributed by atoms with E-state index in [9.17, 15) is 0 Å². The first-order chi connectivity index (χ1) is 7.61. The van der Waals surface area contributed by atoms with Crippen molar-refractivity contribution in [3.63, 3.8) is 0 Å². The van der Waals surface area contributed by atoms with E-state index in [0.29, 0.717) is 15.8 Å². The highest BCUT2D eigenvalue weighted by Crippen LogP contribution is 2.24. The van der Waals surface area contributed by atoms with Crippen molar-refractivity contribution in [2.24, 2.45) is 0 Å². The number of halogens is 2. The number of rotatable bonds is 6. The monoisotopic (exact) mass is 261 g/mol. The summed E-state index contributed by atoms with van der Waals surface area (Å²) in [4.78, 5) is 0. The molecule has 0 aromatic heterocycles. The quantitative estimate of drug-likeness (QED) is 0.788. The fraction of sp³-hybridized carbons (Fsp3) is 0.500. The summed E-state index contributed by atoms with van der Waals surface area (Å²) in [5.74, 6) is 0.711. The Labute approximate surface area is 107 Å². The number of nitrogens with one attached hydrogen (secondary N) is 1. The zero-order valence-corrected chi connectivity index (χ0v) is 11.1. The van der Waals surface area contributed by atoms with Crippen molar-refractivity contribution in [1.82, 2.24) is 5.32 Å². The molecule has 1 atom stereocenters. The van der Waals surface area contributed by atoms with Crippen LogP contribution in [0.3, 0.4) is 0 Å². The Balaban J connectivity index is 2.45. The van der Waals surface area contributed by atoms with Crippen molar-refractivity contribution < 1.29 is 4.74 Å². The molecule has 1 unspecified atom stereocenters. The normalized spacial score (nSPS) is 12.5. The summed E-state index contributed by atoms with van der Waals surface area (Å²) in [5.41, 5.74) is 0. The van der Waals surface area contributed by atoms with Gasteiger partial charge in [-0.25, -0.2) is 0 Å². The third-order valence-corrected chi connectivity index (χ3v) is 2.47. The van der Waals surface area contributed by atoms with Gasteiger partial charge in [0.15, 0.2) is 0 Å². The highest BCUT2D eigenvalue weighted by atomic mass is 35.5. The Kier molecular flexibility index (Phi) is 5.96. The third-order valence-electron chi connectivity index (χ3n) is 2.03. The van der Waals surface area contributed by atoms with Gasteiger partial charge in [-0.15, -0.1) is 0 Å². The minimum Gasteiger partial charge on any atom is -0.489 e. The van der Waals surface area contributed by atoms with E-state index in [2.05, 4.69) is 12.2 Å². The lowest BCUT2D eigenvalue weighted by molar-refractivity contribution is 0.217. The molecule has 0 radical (unpaired) electrons. The first-order valence-corrected chi connectivity index (χ1v) is 6.21. The highest BCUT2D eigenvalue weighted by Gasteiger charge is 2.05. The van der Waals surface area contributed by atoms with Crippen LogP contribution in [-0.2, 0) is 0 Å². The van der Waals surface area contributed by atoms with E-state index in [0.717, 1.165) is 19.5 Å². The summed E-state index contributed by atoms with van der Waals surface area (Å²) in [6.07, 6.45) is 1.22. The molecule has 1 aromatic carbocycles. The van der Waals surface area contributed by atoms with Crippen LogP contribution >= 0.6 is 23.2 Å². The molecule has 0 aliphatic carbocycles. The predicted octanol–water partition coefficient (Wildman–Crippen LogP) is 3.76. The maximum absolute atomic E-state index is 5.88. The molecule has 16 heavy (non-hydrogen) atoms. The summed E-state index contributed by atoms with van der Waals surface area (Å²) in [6.45, 7) is 5.97. The third kappa shape index (κ3) is 5.06. The van der Waals surface area contributed by atoms with Gasteiger partial charge in [0.2, 0.25) is 0 Å². The molecular weight excluding hydrogens is 245 g/mol. The lowest BCUT2D eigenvalue weighted by Crippen LogP contribution is -2.29. The lowest BCUT2D eigenvalue weighted by atomic mass is 10.3. The Morgan fingerprint density at radius 2 is 1.88 bits per heavy atom. The molecule has 0 amide bonds. The summed E-state index contributed by atoms with van der Waals surface area (Å²) in [7, 11) is 0. The Hall–Kier alpha value is -0.440. The van der Waals surface area contributed by atoms with E-state index in [1.165, 1.54) is 0 Å². The number of benzene rings is 1. The van der Waals surface area contributed by atoms with Crippen LogP contribution < -0.4 is 10.1 Å². The topological polar surface area (TPSA) is 21.3 Å². The Morgan fingerprint density at radius 3 is 2.44 bits per heavy atom. The fourth-order valence-corrected chi connectivity index (χ4v) is 1.86. The molecule has 1 N–H and O–H groups in total. The van der Waals surface area contributed by atoms with Crippen LogP contribution in [0.15, 0.2) is 18.2 Å². The highest BCUT2D eigenvalue weighted by molar-refractivity contribution is 6.34. The standard InChI is InChI=1S/C12H17Cl2NO/c1-3-4-15-8-9(2)16-12-6-10(13)5-11(14)7-12/h5-7,9,15H,3-4,8H2,1-2H3. The van der Waals surface area contributed by atoms with Gasteiger partial charge >= 0.3 is 0 Å². The van der Waals surface area contributed by atoms with Gasteiger partial charge in [-0.2, -0.15) is 0 Å². The second kappa shape index (κ2) is 7.00. The molecule has 0 aliphatic heterocycles. The molecule has 0 bridgehead atoms. The average Bonchev–Trinajstić information content (AvgIpc) is 2.16. The number of ether oxygens (including phenoxy) is 1.